The molecule has 7 nitrogen and oxygen atoms in total. The molecule has 1 fully saturated rings. The number of carbonyl (C=O) groups excluding carboxylic acids is 2. The van der Waals surface area contributed by atoms with E-state index in [1.165, 1.54) is 22.7 Å². The van der Waals surface area contributed by atoms with Crippen LogP contribution >= 0.6 is 11.8 Å². The molecule has 3 aliphatic heterocycles. The fourth-order valence-electron chi connectivity index (χ4n) is 2.86. The summed E-state index contributed by atoms with van der Waals surface area (Å²) in [6, 6.07) is 3.00. The first-order valence-corrected chi connectivity index (χ1v) is 7.97. The number of rotatable bonds is 2. The van der Waals surface area contributed by atoms with Gasteiger partial charge in [-0.25, -0.2) is 9.18 Å². The Kier molecular flexibility index (Phi) is 3.19. The highest BCUT2D eigenvalue weighted by Crippen LogP contribution is 2.45. The topological polar surface area (TPSA) is 88.2 Å². The monoisotopic (exact) mass is 336 g/mol. The second kappa shape index (κ2) is 5.12. The van der Waals surface area contributed by atoms with E-state index >= 15 is 0 Å². The molecule has 9 heteroatoms. The highest BCUT2D eigenvalue weighted by atomic mass is 32.2. The van der Waals surface area contributed by atoms with E-state index in [1.807, 2.05) is 4.90 Å². The Bertz CT molecular complexity index is 754. The Morgan fingerprint density at radius 3 is 3.00 bits per heavy atom. The smallest absolute Gasteiger partial charge is 0.415 e. The summed E-state index contributed by atoms with van der Waals surface area (Å²) in [5.74, 6) is -1.14. The molecule has 0 bridgehead atoms. The van der Waals surface area contributed by atoms with Crippen LogP contribution in [0.1, 0.15) is 6.42 Å². The van der Waals surface area contributed by atoms with Gasteiger partial charge in [-0.2, -0.15) is 0 Å². The van der Waals surface area contributed by atoms with Gasteiger partial charge in [-0.15, -0.1) is 0 Å². The number of benzene rings is 1. The average molecular weight is 336 g/mol. The molecule has 120 valence electrons. The van der Waals surface area contributed by atoms with Crippen molar-refractivity contribution in [2.24, 2.45) is 10.7 Å². The van der Waals surface area contributed by atoms with Gasteiger partial charge in [0.1, 0.15) is 5.82 Å². The van der Waals surface area contributed by atoms with E-state index in [0.29, 0.717) is 16.3 Å². The minimum atomic E-state index is -1.01. The van der Waals surface area contributed by atoms with Gasteiger partial charge in [-0.05, 0) is 30.3 Å². The standard InChI is InChI=1S/C14H13FN4O3S/c15-8-4-7(19-6-9(12(16)20)22-14(19)21)5-10-11(8)18-3-1-2-17-13(18)23-10/h4-5,9H,1-3,6H2,(H2,16,20)/t9-/m1/s1. The number of cyclic esters (lactones) is 1. The molecule has 0 saturated carbocycles. The molecule has 3 heterocycles. The summed E-state index contributed by atoms with van der Waals surface area (Å²) >= 11 is 1.38. The molecule has 0 radical (unpaired) electrons. The van der Waals surface area contributed by atoms with Gasteiger partial charge in [0.2, 0.25) is 0 Å². The molecule has 1 saturated heterocycles. The number of primary amides is 1. The summed E-state index contributed by atoms with van der Waals surface area (Å²) in [6.07, 6.45) is -0.836. The number of hydrogen-bond acceptors (Lipinski definition) is 6. The first kappa shape index (κ1) is 14.3. The lowest BCUT2D eigenvalue weighted by atomic mass is 10.2. The second-order valence-corrected chi connectivity index (χ2v) is 6.44. The zero-order valence-corrected chi connectivity index (χ0v) is 12.8. The Morgan fingerprint density at radius 1 is 1.43 bits per heavy atom. The molecule has 4 rings (SSSR count). The molecular formula is C14H13FN4O3S. The van der Waals surface area contributed by atoms with E-state index in [4.69, 9.17) is 10.5 Å². The van der Waals surface area contributed by atoms with Crippen LogP contribution < -0.4 is 15.5 Å². The maximum absolute atomic E-state index is 14.6. The molecule has 3 aliphatic rings. The largest absolute Gasteiger partial charge is 0.434 e. The molecule has 23 heavy (non-hydrogen) atoms. The predicted octanol–water partition coefficient (Wildman–Crippen LogP) is 1.31. The van der Waals surface area contributed by atoms with E-state index in [1.54, 1.807) is 6.07 Å². The van der Waals surface area contributed by atoms with Crippen LogP contribution in [0, 0.1) is 5.82 Å². The van der Waals surface area contributed by atoms with Gasteiger partial charge in [-0.1, -0.05) is 0 Å². The fraction of sp³-hybridized carbons (Fsp3) is 0.357. The lowest BCUT2D eigenvalue weighted by Gasteiger charge is -2.23. The van der Waals surface area contributed by atoms with Crippen molar-refractivity contribution in [3.8, 4) is 0 Å². The first-order valence-electron chi connectivity index (χ1n) is 7.15. The summed E-state index contributed by atoms with van der Waals surface area (Å²) in [6.45, 7) is 1.45. The maximum atomic E-state index is 14.6. The summed E-state index contributed by atoms with van der Waals surface area (Å²) in [5, 5.41) is 0.779. The van der Waals surface area contributed by atoms with E-state index in [9.17, 15) is 14.0 Å². The quantitative estimate of drug-likeness (QED) is 0.880. The van der Waals surface area contributed by atoms with Crippen LogP contribution in [0.15, 0.2) is 22.0 Å². The van der Waals surface area contributed by atoms with Crippen LogP contribution in [0.5, 0.6) is 0 Å². The van der Waals surface area contributed by atoms with E-state index in [2.05, 4.69) is 4.99 Å². The van der Waals surface area contributed by atoms with Crippen molar-refractivity contribution < 1.29 is 18.7 Å². The number of amides is 2. The minimum absolute atomic E-state index is 0.0122. The molecular weight excluding hydrogens is 323 g/mol. The lowest BCUT2D eigenvalue weighted by Crippen LogP contribution is -2.32. The van der Waals surface area contributed by atoms with Crippen molar-refractivity contribution in [3.63, 3.8) is 0 Å². The van der Waals surface area contributed by atoms with Gasteiger partial charge in [0, 0.05) is 18.0 Å². The molecule has 1 aromatic carbocycles. The van der Waals surface area contributed by atoms with Gasteiger partial charge in [0.15, 0.2) is 11.3 Å². The van der Waals surface area contributed by atoms with Crippen LogP contribution in [0.2, 0.25) is 0 Å². The van der Waals surface area contributed by atoms with Gasteiger partial charge in [0.05, 0.1) is 17.9 Å². The molecule has 0 aromatic heterocycles. The lowest BCUT2D eigenvalue weighted by molar-refractivity contribution is -0.124. The number of nitrogens with zero attached hydrogens (tertiary/aromatic N) is 3. The third kappa shape index (κ3) is 2.23. The molecule has 0 unspecified atom stereocenters. The fourth-order valence-corrected chi connectivity index (χ4v) is 3.98. The van der Waals surface area contributed by atoms with Crippen LogP contribution in [-0.2, 0) is 9.53 Å². The second-order valence-electron chi connectivity index (χ2n) is 5.43. The zero-order valence-electron chi connectivity index (χ0n) is 12.0. The van der Waals surface area contributed by atoms with Crippen molar-refractivity contribution in [1.29, 1.82) is 0 Å². The predicted molar refractivity (Wildman–Crippen MR) is 83.3 cm³/mol. The summed E-state index contributed by atoms with van der Waals surface area (Å²) in [5.41, 5.74) is 6.00. The van der Waals surface area contributed by atoms with Crippen LogP contribution in [0.4, 0.5) is 20.6 Å². The third-order valence-corrected chi connectivity index (χ3v) is 5.01. The molecule has 2 N–H and O–H groups in total. The van der Waals surface area contributed by atoms with E-state index in [0.717, 1.165) is 24.7 Å². The number of halogens is 1. The van der Waals surface area contributed by atoms with E-state index in [-0.39, 0.29) is 6.54 Å². The van der Waals surface area contributed by atoms with Crippen molar-refractivity contribution in [2.75, 3.05) is 29.4 Å². The number of nitrogens with two attached hydrogens (primary N) is 1. The van der Waals surface area contributed by atoms with Crippen LogP contribution in [-0.4, -0.2) is 42.9 Å². The summed E-state index contributed by atoms with van der Waals surface area (Å²) < 4.78 is 19.5. The molecule has 1 aromatic rings. The molecule has 0 spiro atoms. The van der Waals surface area contributed by atoms with Crippen LogP contribution in [0.3, 0.4) is 0 Å². The highest BCUT2D eigenvalue weighted by molar-refractivity contribution is 8.14. The van der Waals surface area contributed by atoms with Gasteiger partial charge < -0.3 is 15.4 Å². The molecule has 0 aliphatic carbocycles. The Labute approximate surface area is 135 Å². The highest BCUT2D eigenvalue weighted by Gasteiger charge is 2.38. The molecule has 2 amide bonds. The number of carbonyl (C=O) groups is 2. The number of aliphatic imine (C=N–C) groups is 1. The van der Waals surface area contributed by atoms with Crippen molar-refractivity contribution in [2.45, 2.75) is 17.4 Å². The maximum Gasteiger partial charge on any atom is 0.415 e. The SMILES string of the molecule is NC(=O)[C@H]1CN(c2cc(F)c3c(c2)SC2=NCCCN23)C(=O)O1. The number of amidine groups is 1. The minimum Gasteiger partial charge on any atom is -0.434 e. The number of thioether (sulfide) groups is 1. The van der Waals surface area contributed by atoms with Crippen molar-refractivity contribution >= 4 is 40.3 Å². The van der Waals surface area contributed by atoms with Crippen molar-refractivity contribution in [3.05, 3.63) is 17.9 Å². The number of ether oxygens (including phenoxy) is 1. The Hall–Kier alpha value is -2.29. The van der Waals surface area contributed by atoms with E-state index < -0.39 is 23.9 Å². The Morgan fingerprint density at radius 2 is 2.26 bits per heavy atom. The average Bonchev–Trinajstić information content (AvgIpc) is 3.07. The number of hydrogen-bond donors (Lipinski definition) is 1. The zero-order chi connectivity index (χ0) is 16.1. The van der Waals surface area contributed by atoms with Gasteiger partial charge >= 0.3 is 6.09 Å². The molecule has 1 atom stereocenters. The third-order valence-electron chi connectivity index (χ3n) is 3.94. The summed E-state index contributed by atoms with van der Waals surface area (Å²) in [7, 11) is 0. The van der Waals surface area contributed by atoms with Gasteiger partial charge in [0.25, 0.3) is 5.91 Å². The van der Waals surface area contributed by atoms with Crippen molar-refractivity contribution in [1.82, 2.24) is 0 Å². The first-order chi connectivity index (χ1) is 11.0. The normalized spacial score (nSPS) is 22.6. The number of anilines is 2. The van der Waals surface area contributed by atoms with Crippen LogP contribution in [0.25, 0.3) is 0 Å². The summed E-state index contributed by atoms with van der Waals surface area (Å²) in [4.78, 5) is 31.2. The number of fused-ring (bicyclic) bond motifs is 3. The Balaban J connectivity index is 1.70. The van der Waals surface area contributed by atoms with Gasteiger partial charge in [-0.3, -0.25) is 14.7 Å².